The van der Waals surface area contributed by atoms with E-state index in [1.54, 1.807) is 0 Å². The molecule has 0 spiro atoms. The van der Waals surface area contributed by atoms with Crippen LogP contribution in [0.5, 0.6) is 0 Å². The van der Waals surface area contributed by atoms with Crippen molar-refractivity contribution < 1.29 is 4.74 Å². The van der Waals surface area contributed by atoms with E-state index in [2.05, 4.69) is 26.8 Å². The maximum atomic E-state index is 6.17. The molecule has 0 radical (unpaired) electrons. The molecule has 0 unspecified atom stereocenters. The van der Waals surface area contributed by atoms with E-state index in [0.29, 0.717) is 12.2 Å². The Labute approximate surface area is 120 Å². The molecule has 1 heterocycles. The Kier molecular flexibility index (Phi) is 9.24. The molecule has 0 N–H and O–H groups in total. The molecule has 0 saturated heterocycles. The van der Waals surface area contributed by atoms with E-state index in [9.17, 15) is 0 Å². The predicted octanol–water partition coefficient (Wildman–Crippen LogP) is 6.03. The largest absolute Gasteiger partial charge is 0.367 e. The monoisotopic (exact) mass is 266 g/mol. The zero-order chi connectivity index (χ0) is 13.9. The highest BCUT2D eigenvalue weighted by Crippen LogP contribution is 2.26. The number of hydrogen-bond acceptors (Lipinski definition) is 1. The summed E-state index contributed by atoms with van der Waals surface area (Å²) in [5.41, 5.74) is 1.48. The van der Waals surface area contributed by atoms with Crippen LogP contribution in [0.1, 0.15) is 91.4 Å². The van der Waals surface area contributed by atoms with Gasteiger partial charge in [0.2, 0.25) is 0 Å². The molecule has 0 aromatic rings. The number of unbranched alkanes of at least 4 members (excludes halogenated alkanes) is 7. The lowest BCUT2D eigenvalue weighted by molar-refractivity contribution is 0.0445. The van der Waals surface area contributed by atoms with Crippen molar-refractivity contribution in [1.82, 2.24) is 0 Å². The topological polar surface area (TPSA) is 9.23 Å². The summed E-state index contributed by atoms with van der Waals surface area (Å²) in [5, 5.41) is 0. The van der Waals surface area contributed by atoms with Gasteiger partial charge in [-0.3, -0.25) is 0 Å². The molecule has 0 fully saturated rings. The maximum absolute atomic E-state index is 6.17. The van der Waals surface area contributed by atoms with Crippen LogP contribution in [0.25, 0.3) is 0 Å². The Morgan fingerprint density at radius 3 is 2.11 bits per heavy atom. The first-order chi connectivity index (χ1) is 9.27. The fourth-order valence-electron chi connectivity index (χ4n) is 2.91. The maximum Gasteiger partial charge on any atom is 0.0791 e. The molecule has 1 rings (SSSR count). The van der Waals surface area contributed by atoms with Gasteiger partial charge in [0.25, 0.3) is 0 Å². The van der Waals surface area contributed by atoms with Gasteiger partial charge in [-0.1, -0.05) is 77.7 Å². The zero-order valence-electron chi connectivity index (χ0n) is 13.4. The summed E-state index contributed by atoms with van der Waals surface area (Å²) in [4.78, 5) is 0. The highest BCUT2D eigenvalue weighted by molar-refractivity contribution is 5.13. The molecule has 0 amide bonds. The summed E-state index contributed by atoms with van der Waals surface area (Å²) >= 11 is 0. The number of rotatable bonds is 11. The predicted molar refractivity (Wildman–Crippen MR) is 84.6 cm³/mol. The Bertz CT molecular complexity index is 244. The second-order valence-electron chi connectivity index (χ2n) is 6.13. The summed E-state index contributed by atoms with van der Waals surface area (Å²) < 4.78 is 6.17. The lowest BCUT2D eigenvalue weighted by atomic mass is 10.0. The molecule has 0 bridgehead atoms. The van der Waals surface area contributed by atoms with Crippen molar-refractivity contribution in [3.05, 3.63) is 11.6 Å². The van der Waals surface area contributed by atoms with E-state index in [1.807, 2.05) is 0 Å². The fraction of sp³-hybridized carbons (Fsp3) is 0.889. The minimum absolute atomic E-state index is 0.415. The van der Waals surface area contributed by atoms with E-state index < -0.39 is 0 Å². The quantitative estimate of drug-likeness (QED) is 0.327. The summed E-state index contributed by atoms with van der Waals surface area (Å²) in [6.07, 6.45) is 17.9. The van der Waals surface area contributed by atoms with Gasteiger partial charge in [-0.2, -0.15) is 0 Å². The third-order valence-corrected chi connectivity index (χ3v) is 4.21. The van der Waals surface area contributed by atoms with Gasteiger partial charge in [0.1, 0.15) is 0 Å². The van der Waals surface area contributed by atoms with Crippen LogP contribution in [0.3, 0.4) is 0 Å². The zero-order valence-corrected chi connectivity index (χ0v) is 13.4. The Morgan fingerprint density at radius 2 is 1.42 bits per heavy atom. The van der Waals surface area contributed by atoms with Gasteiger partial charge in [0, 0.05) is 0 Å². The van der Waals surface area contributed by atoms with Gasteiger partial charge in [-0.15, -0.1) is 0 Å². The molecule has 0 aliphatic carbocycles. The number of ether oxygens (including phenoxy) is 1. The van der Waals surface area contributed by atoms with Crippen molar-refractivity contribution in [1.29, 1.82) is 0 Å². The van der Waals surface area contributed by atoms with Gasteiger partial charge in [0.05, 0.1) is 12.2 Å². The summed E-state index contributed by atoms with van der Waals surface area (Å²) in [5.74, 6) is 0. The minimum atomic E-state index is 0.415. The molecule has 1 aliphatic rings. The van der Waals surface area contributed by atoms with Crippen molar-refractivity contribution in [2.75, 3.05) is 0 Å². The highest BCUT2D eigenvalue weighted by Gasteiger charge is 2.23. The number of hydrogen-bond donors (Lipinski definition) is 0. The van der Waals surface area contributed by atoms with Gasteiger partial charge in [-0.25, -0.2) is 0 Å². The van der Waals surface area contributed by atoms with Gasteiger partial charge in [-0.05, 0) is 25.3 Å². The Balaban J connectivity index is 2.09. The standard InChI is InChI=1S/C18H34O/c1-4-6-8-10-11-13-17-15-16(3)18(19-17)14-12-9-7-5-2/h15,17-18H,4-14H2,1-3H3/t17-,18+/m1/s1. The summed E-state index contributed by atoms with van der Waals surface area (Å²) in [7, 11) is 0. The van der Waals surface area contributed by atoms with E-state index >= 15 is 0 Å². The van der Waals surface area contributed by atoms with Crippen molar-refractivity contribution in [3.63, 3.8) is 0 Å². The molecular formula is C18H34O. The van der Waals surface area contributed by atoms with E-state index in [-0.39, 0.29) is 0 Å². The average Bonchev–Trinajstić information content (AvgIpc) is 2.75. The lowest BCUT2D eigenvalue weighted by Gasteiger charge is -2.15. The summed E-state index contributed by atoms with van der Waals surface area (Å²) in [6, 6.07) is 0. The van der Waals surface area contributed by atoms with E-state index in [0.717, 1.165) is 0 Å². The first kappa shape index (κ1) is 16.8. The van der Waals surface area contributed by atoms with Gasteiger partial charge < -0.3 is 4.74 Å². The second-order valence-corrected chi connectivity index (χ2v) is 6.13. The molecule has 0 saturated carbocycles. The molecular weight excluding hydrogens is 232 g/mol. The van der Waals surface area contributed by atoms with E-state index in [4.69, 9.17) is 4.74 Å². The smallest absolute Gasteiger partial charge is 0.0791 e. The lowest BCUT2D eigenvalue weighted by Crippen LogP contribution is -2.13. The second kappa shape index (κ2) is 10.5. The van der Waals surface area contributed by atoms with Gasteiger partial charge >= 0.3 is 0 Å². The van der Waals surface area contributed by atoms with Crippen LogP contribution in [-0.4, -0.2) is 12.2 Å². The van der Waals surface area contributed by atoms with E-state index in [1.165, 1.54) is 76.2 Å². The average molecular weight is 266 g/mol. The van der Waals surface area contributed by atoms with Crippen LogP contribution in [0, 0.1) is 0 Å². The Morgan fingerprint density at radius 1 is 0.842 bits per heavy atom. The molecule has 1 aliphatic heterocycles. The van der Waals surface area contributed by atoms with Crippen LogP contribution in [0.4, 0.5) is 0 Å². The molecule has 2 atom stereocenters. The summed E-state index contributed by atoms with van der Waals surface area (Å²) in [6.45, 7) is 6.79. The third kappa shape index (κ3) is 7.15. The first-order valence-corrected chi connectivity index (χ1v) is 8.61. The first-order valence-electron chi connectivity index (χ1n) is 8.61. The van der Waals surface area contributed by atoms with Crippen molar-refractivity contribution in [2.24, 2.45) is 0 Å². The SMILES string of the molecule is CCCCCCC[C@@H]1C=C(C)[C@H](CCCCCC)O1. The third-order valence-electron chi connectivity index (χ3n) is 4.21. The Hall–Kier alpha value is -0.300. The molecule has 19 heavy (non-hydrogen) atoms. The molecule has 0 aromatic carbocycles. The molecule has 1 nitrogen and oxygen atoms in total. The van der Waals surface area contributed by atoms with Crippen molar-refractivity contribution >= 4 is 0 Å². The normalized spacial score (nSPS) is 22.8. The van der Waals surface area contributed by atoms with Crippen molar-refractivity contribution in [3.8, 4) is 0 Å². The fourth-order valence-corrected chi connectivity index (χ4v) is 2.91. The van der Waals surface area contributed by atoms with Crippen LogP contribution in [-0.2, 0) is 4.74 Å². The van der Waals surface area contributed by atoms with Gasteiger partial charge in [0.15, 0.2) is 0 Å². The molecule has 0 aromatic heterocycles. The highest BCUT2D eigenvalue weighted by atomic mass is 16.5. The van der Waals surface area contributed by atoms with Crippen LogP contribution < -0.4 is 0 Å². The van der Waals surface area contributed by atoms with Crippen molar-refractivity contribution in [2.45, 2.75) is 104 Å². The van der Waals surface area contributed by atoms with Crippen LogP contribution >= 0.6 is 0 Å². The van der Waals surface area contributed by atoms with Crippen LogP contribution in [0.2, 0.25) is 0 Å². The van der Waals surface area contributed by atoms with Crippen LogP contribution in [0.15, 0.2) is 11.6 Å². The molecule has 1 heteroatoms. The molecule has 112 valence electrons. The minimum Gasteiger partial charge on any atom is -0.367 e.